The molecule has 2 aromatic rings. The normalized spacial score (nSPS) is 20.9. The molecule has 2 aliphatic rings. The van der Waals surface area contributed by atoms with E-state index < -0.39 is 35.9 Å². The van der Waals surface area contributed by atoms with Crippen molar-refractivity contribution in [3.63, 3.8) is 0 Å². The number of ether oxygens (including phenoxy) is 2. The van der Waals surface area contributed by atoms with Crippen molar-refractivity contribution in [1.82, 2.24) is 31.2 Å². The Balaban J connectivity index is 1.51. The molecule has 1 aliphatic carbocycles. The summed E-state index contributed by atoms with van der Waals surface area (Å²) in [6.45, 7) is 6.28. The summed E-state index contributed by atoms with van der Waals surface area (Å²) in [5, 5.41) is 21.5. The van der Waals surface area contributed by atoms with Crippen molar-refractivity contribution >= 4 is 29.5 Å². The lowest BCUT2D eigenvalue weighted by atomic mass is 10.0. The number of amides is 5. The van der Waals surface area contributed by atoms with E-state index in [1.165, 1.54) is 14.0 Å². The van der Waals surface area contributed by atoms with Gasteiger partial charge < -0.3 is 40.7 Å². The molecule has 0 fully saturated rings. The standard InChI is InChI=1S/C37H52N6O8/c1-23(2)18-30-34(47)42-33(24(3)44)35(48)39-14-5-6-16-43(37(49)28-21-26-11-8-13-29(26)41-36(28)50-4)17-9-15-38-32(46)22-51-27-12-7-10-25(19-27)20-31(45)40-30/h7,10,12,19,21,23-24,30,33,44H,5-6,8-9,11,13-18,20,22H2,1-4H3,(H,38,46)(H,39,48)(H,40,45)(H,42,47)/t24-,30-,33+/m1/s1. The topological polar surface area (TPSA) is 188 Å². The number of aliphatic hydroxyl groups is 1. The third-order valence-corrected chi connectivity index (χ3v) is 8.86. The molecule has 4 rings (SSSR count). The fourth-order valence-electron chi connectivity index (χ4n) is 6.23. The minimum absolute atomic E-state index is 0.0427. The number of methoxy groups -OCH3 is 1. The highest BCUT2D eigenvalue weighted by molar-refractivity contribution is 5.97. The fourth-order valence-corrected chi connectivity index (χ4v) is 6.23. The van der Waals surface area contributed by atoms with Crippen LogP contribution in [0, 0.1) is 5.92 Å². The van der Waals surface area contributed by atoms with E-state index in [1.54, 1.807) is 29.2 Å². The van der Waals surface area contributed by atoms with Crippen LogP contribution >= 0.6 is 0 Å². The van der Waals surface area contributed by atoms with Gasteiger partial charge in [-0.1, -0.05) is 26.0 Å². The third kappa shape index (κ3) is 11.7. The van der Waals surface area contributed by atoms with E-state index in [9.17, 15) is 29.1 Å². The number of hydrogen-bond donors (Lipinski definition) is 5. The van der Waals surface area contributed by atoms with Crippen molar-refractivity contribution in [2.24, 2.45) is 5.92 Å². The Morgan fingerprint density at radius 2 is 1.73 bits per heavy atom. The molecule has 5 N–H and O–H groups in total. The van der Waals surface area contributed by atoms with Gasteiger partial charge in [-0.25, -0.2) is 4.98 Å². The number of pyridine rings is 1. The molecule has 1 aliphatic heterocycles. The van der Waals surface area contributed by atoms with E-state index in [1.807, 2.05) is 19.9 Å². The van der Waals surface area contributed by atoms with E-state index in [0.29, 0.717) is 62.2 Å². The summed E-state index contributed by atoms with van der Waals surface area (Å²) < 4.78 is 11.2. The molecule has 1 aromatic heterocycles. The zero-order chi connectivity index (χ0) is 36.9. The number of aromatic nitrogens is 1. The first kappa shape index (κ1) is 39.1. The maximum Gasteiger partial charge on any atom is 0.259 e. The molecule has 0 radical (unpaired) electrons. The van der Waals surface area contributed by atoms with Crippen LogP contribution in [0.4, 0.5) is 0 Å². The Labute approximate surface area is 299 Å². The van der Waals surface area contributed by atoms with Gasteiger partial charge in [0.1, 0.15) is 23.4 Å². The summed E-state index contributed by atoms with van der Waals surface area (Å²) in [4.78, 5) is 72.4. The molecule has 14 heteroatoms. The van der Waals surface area contributed by atoms with E-state index in [2.05, 4.69) is 26.3 Å². The second-order valence-electron chi connectivity index (χ2n) is 13.6. The van der Waals surface area contributed by atoms with Gasteiger partial charge in [0, 0.05) is 31.9 Å². The number of rotatable bonds is 5. The first-order valence-electron chi connectivity index (χ1n) is 17.8. The second kappa shape index (κ2) is 19.0. The van der Waals surface area contributed by atoms with Gasteiger partial charge in [0.2, 0.25) is 23.6 Å². The van der Waals surface area contributed by atoms with Crippen molar-refractivity contribution in [2.75, 3.05) is 39.9 Å². The fraction of sp³-hybridized carbons (Fsp3) is 0.568. The lowest BCUT2D eigenvalue weighted by Gasteiger charge is -2.26. The summed E-state index contributed by atoms with van der Waals surface area (Å²) in [6.07, 6.45) is 3.27. The quantitative estimate of drug-likeness (QED) is 0.307. The van der Waals surface area contributed by atoms with Gasteiger partial charge in [-0.3, -0.25) is 24.0 Å². The maximum atomic E-state index is 13.9. The molecule has 3 atom stereocenters. The minimum Gasteiger partial charge on any atom is -0.484 e. The van der Waals surface area contributed by atoms with Crippen molar-refractivity contribution in [1.29, 1.82) is 0 Å². The van der Waals surface area contributed by atoms with Crippen LogP contribution < -0.4 is 30.7 Å². The first-order valence-corrected chi connectivity index (χ1v) is 17.8. The van der Waals surface area contributed by atoms with Gasteiger partial charge in [0.25, 0.3) is 11.8 Å². The zero-order valence-electron chi connectivity index (χ0n) is 30.1. The van der Waals surface area contributed by atoms with Crippen LogP contribution in [-0.4, -0.2) is 103 Å². The number of carbonyl (C=O) groups is 5. The lowest BCUT2D eigenvalue weighted by molar-refractivity contribution is -0.134. The average Bonchev–Trinajstić information content (AvgIpc) is 3.56. The predicted octanol–water partition coefficient (Wildman–Crippen LogP) is 1.46. The van der Waals surface area contributed by atoms with Crippen LogP contribution in [0.15, 0.2) is 30.3 Å². The zero-order valence-corrected chi connectivity index (χ0v) is 30.1. The molecule has 2 heterocycles. The summed E-state index contributed by atoms with van der Waals surface area (Å²) >= 11 is 0. The third-order valence-electron chi connectivity index (χ3n) is 8.86. The summed E-state index contributed by atoms with van der Waals surface area (Å²) in [5.74, 6) is -1.37. The number of fused-ring (bicyclic) bond motifs is 3. The minimum atomic E-state index is -1.24. The number of carbonyl (C=O) groups excluding carboxylic acids is 5. The lowest BCUT2D eigenvalue weighted by Crippen LogP contribution is -2.57. The van der Waals surface area contributed by atoms with E-state index in [-0.39, 0.29) is 43.2 Å². The molecule has 14 nitrogen and oxygen atoms in total. The number of nitrogens with zero attached hydrogens (tertiary/aromatic N) is 2. The van der Waals surface area contributed by atoms with Crippen molar-refractivity contribution in [3.8, 4) is 11.6 Å². The van der Waals surface area contributed by atoms with Crippen molar-refractivity contribution in [2.45, 2.75) is 90.3 Å². The highest BCUT2D eigenvalue weighted by atomic mass is 16.5. The highest BCUT2D eigenvalue weighted by Crippen LogP contribution is 2.27. The van der Waals surface area contributed by atoms with Gasteiger partial charge in [0.15, 0.2) is 6.61 Å². The Hall–Kier alpha value is -4.72. The first-order chi connectivity index (χ1) is 24.4. The largest absolute Gasteiger partial charge is 0.484 e. The van der Waals surface area contributed by atoms with Crippen LogP contribution in [0.3, 0.4) is 0 Å². The molecule has 0 unspecified atom stereocenters. The smallest absolute Gasteiger partial charge is 0.259 e. The van der Waals surface area contributed by atoms with Gasteiger partial charge in [-0.05, 0) is 87.1 Å². The molecule has 278 valence electrons. The number of aryl methyl sites for hydroxylation is 2. The monoisotopic (exact) mass is 708 g/mol. The predicted molar refractivity (Wildman–Crippen MR) is 189 cm³/mol. The summed E-state index contributed by atoms with van der Waals surface area (Å²) in [6, 6.07) is 6.48. The van der Waals surface area contributed by atoms with E-state index >= 15 is 0 Å². The number of aliphatic hydroxyl groups excluding tert-OH is 1. The Morgan fingerprint density at radius 3 is 2.47 bits per heavy atom. The van der Waals surface area contributed by atoms with Crippen LogP contribution in [0.25, 0.3) is 0 Å². The SMILES string of the molecule is COc1nc2c(cc1C(=O)N1CCCCNC(=O)[C@H]([C@@H](C)O)NC(=O)[C@@H](CC(C)C)NC(=O)Cc3cccc(c3)OCC(=O)NCCC1)CCC2. The molecular weight excluding hydrogens is 656 g/mol. The van der Waals surface area contributed by atoms with E-state index in [4.69, 9.17) is 9.47 Å². The number of nitrogens with one attached hydrogen (secondary N) is 4. The Morgan fingerprint density at radius 1 is 0.961 bits per heavy atom. The summed E-state index contributed by atoms with van der Waals surface area (Å²) in [7, 11) is 1.50. The van der Waals surface area contributed by atoms with Crippen molar-refractivity contribution < 1.29 is 38.6 Å². The number of hydrogen-bond acceptors (Lipinski definition) is 9. The molecule has 51 heavy (non-hydrogen) atoms. The van der Waals surface area contributed by atoms with E-state index in [0.717, 1.165) is 30.5 Å². The molecule has 0 saturated carbocycles. The molecular formula is C37H52N6O8. The second-order valence-corrected chi connectivity index (χ2v) is 13.6. The van der Waals surface area contributed by atoms with Crippen molar-refractivity contribution in [3.05, 3.63) is 52.7 Å². The van der Waals surface area contributed by atoms with Crippen LogP contribution in [0.1, 0.15) is 80.1 Å². The molecule has 0 spiro atoms. The molecule has 2 bridgehead atoms. The Kier molecular flexibility index (Phi) is 14.6. The Bertz CT molecular complexity index is 1550. The van der Waals surface area contributed by atoms with Crippen LogP contribution in [0.5, 0.6) is 11.6 Å². The van der Waals surface area contributed by atoms with Crippen LogP contribution in [-0.2, 0) is 38.4 Å². The van der Waals surface area contributed by atoms with Gasteiger partial charge in [0.05, 0.1) is 19.6 Å². The highest BCUT2D eigenvalue weighted by Gasteiger charge is 2.30. The molecule has 1 aromatic carbocycles. The van der Waals surface area contributed by atoms with Crippen LogP contribution in [0.2, 0.25) is 0 Å². The molecule has 5 amide bonds. The van der Waals surface area contributed by atoms with Gasteiger partial charge >= 0.3 is 0 Å². The molecule has 0 saturated heterocycles. The van der Waals surface area contributed by atoms with Gasteiger partial charge in [-0.15, -0.1) is 0 Å². The average molecular weight is 709 g/mol. The number of benzene rings is 1. The summed E-state index contributed by atoms with van der Waals surface area (Å²) in [5.41, 5.74) is 3.00. The van der Waals surface area contributed by atoms with Gasteiger partial charge in [-0.2, -0.15) is 0 Å². The maximum absolute atomic E-state index is 13.9.